The van der Waals surface area contributed by atoms with E-state index >= 15 is 0 Å². The van der Waals surface area contributed by atoms with Crippen LogP contribution in [-0.2, 0) is 19.6 Å². The van der Waals surface area contributed by atoms with E-state index in [9.17, 15) is 18.0 Å². The molecule has 3 heterocycles. The summed E-state index contributed by atoms with van der Waals surface area (Å²) in [6, 6.07) is 0.809. The number of carbonyl (C=O) groups excluding carboxylic acids is 1. The molecule has 0 saturated carbocycles. The van der Waals surface area contributed by atoms with E-state index in [1.54, 1.807) is 16.2 Å². The molecule has 0 radical (unpaired) electrons. The Bertz CT molecular complexity index is 762. The fraction of sp³-hybridized carbons (Fsp3) is 0.533. The van der Waals surface area contributed by atoms with Gasteiger partial charge in [0.1, 0.15) is 5.69 Å². The lowest BCUT2D eigenvalue weighted by Crippen LogP contribution is -2.49. The lowest BCUT2D eigenvalue weighted by atomic mass is 10.2. The molecule has 1 aliphatic heterocycles. The van der Waals surface area contributed by atoms with Gasteiger partial charge in [0.2, 0.25) is 0 Å². The average Bonchev–Trinajstić information content (AvgIpc) is 3.20. The van der Waals surface area contributed by atoms with E-state index in [4.69, 9.17) is 0 Å². The Kier molecular flexibility index (Phi) is 4.72. The molecule has 0 atom stereocenters. The quantitative estimate of drug-likeness (QED) is 0.829. The molecule has 0 unspecified atom stereocenters. The van der Waals surface area contributed by atoms with Gasteiger partial charge >= 0.3 is 6.18 Å². The summed E-state index contributed by atoms with van der Waals surface area (Å²) in [6.07, 6.45) is -1.78. The van der Waals surface area contributed by atoms with Crippen LogP contribution in [0.1, 0.15) is 28.0 Å². The molecule has 6 nitrogen and oxygen atoms in total. The third kappa shape index (κ3) is 3.63. The number of nitrogens with zero attached hydrogens (tertiary/aromatic N) is 5. The molecule has 0 aliphatic carbocycles. The molecule has 2 aromatic rings. The van der Waals surface area contributed by atoms with E-state index in [0.717, 1.165) is 22.3 Å². The van der Waals surface area contributed by atoms with Crippen molar-refractivity contribution in [2.45, 2.75) is 19.5 Å². The molecule has 0 N–H and O–H groups in total. The van der Waals surface area contributed by atoms with Gasteiger partial charge in [0.25, 0.3) is 5.91 Å². The molecule has 1 amide bonds. The Morgan fingerprint density at radius 2 is 1.96 bits per heavy atom. The molecule has 3 rings (SSSR count). The summed E-state index contributed by atoms with van der Waals surface area (Å²) in [5.74, 6) is -0.432. The predicted octanol–water partition coefficient (Wildman–Crippen LogP) is 2.42. The van der Waals surface area contributed by atoms with Gasteiger partial charge in [0.15, 0.2) is 10.8 Å². The number of hydrogen-bond acceptors (Lipinski definition) is 5. The molecule has 1 aliphatic rings. The van der Waals surface area contributed by atoms with Gasteiger partial charge in [-0.2, -0.15) is 18.3 Å². The normalized spacial score (nSPS) is 15.7. The van der Waals surface area contributed by atoms with Crippen LogP contribution >= 0.6 is 11.3 Å². The summed E-state index contributed by atoms with van der Waals surface area (Å²) in [6.45, 7) is 4.15. The predicted molar refractivity (Wildman–Crippen MR) is 87.8 cm³/mol. The summed E-state index contributed by atoms with van der Waals surface area (Å²) in [7, 11) is 1.35. The van der Waals surface area contributed by atoms with Crippen LogP contribution in [0, 0.1) is 0 Å². The van der Waals surface area contributed by atoms with E-state index in [1.807, 2.05) is 6.20 Å². The van der Waals surface area contributed by atoms with Crippen LogP contribution in [0.15, 0.2) is 12.3 Å². The largest absolute Gasteiger partial charge is 0.435 e. The minimum Gasteiger partial charge on any atom is -0.345 e. The first-order valence-corrected chi connectivity index (χ1v) is 8.71. The van der Waals surface area contributed by atoms with Crippen LogP contribution in [0.4, 0.5) is 18.3 Å². The minimum atomic E-state index is -4.56. The van der Waals surface area contributed by atoms with Crippen molar-refractivity contribution >= 4 is 22.4 Å². The van der Waals surface area contributed by atoms with Crippen LogP contribution in [0.5, 0.6) is 0 Å². The van der Waals surface area contributed by atoms with Crippen molar-refractivity contribution in [1.82, 2.24) is 19.7 Å². The number of rotatable bonds is 3. The van der Waals surface area contributed by atoms with Crippen LogP contribution in [-0.4, -0.2) is 51.8 Å². The molecule has 0 bridgehead atoms. The lowest BCUT2D eigenvalue weighted by Gasteiger charge is -2.34. The van der Waals surface area contributed by atoms with Crippen LogP contribution in [0.2, 0.25) is 0 Å². The molecule has 25 heavy (non-hydrogen) atoms. The smallest absolute Gasteiger partial charge is 0.345 e. The van der Waals surface area contributed by atoms with Crippen molar-refractivity contribution < 1.29 is 18.0 Å². The van der Waals surface area contributed by atoms with Crippen molar-refractivity contribution in [2.75, 3.05) is 31.1 Å². The van der Waals surface area contributed by atoms with Crippen LogP contribution < -0.4 is 4.90 Å². The topological polar surface area (TPSA) is 54.3 Å². The summed E-state index contributed by atoms with van der Waals surface area (Å²) in [5.41, 5.74) is -1.10. The molecule has 2 aromatic heterocycles. The number of hydrogen-bond donors (Lipinski definition) is 0. The fourth-order valence-electron chi connectivity index (χ4n) is 2.68. The van der Waals surface area contributed by atoms with E-state index in [-0.39, 0.29) is 5.69 Å². The Hall–Kier alpha value is -2.10. The lowest BCUT2D eigenvalue weighted by molar-refractivity contribution is -0.141. The number of halogens is 3. The number of aromatic nitrogens is 3. The maximum atomic E-state index is 12.7. The highest BCUT2D eigenvalue weighted by Crippen LogP contribution is 2.29. The standard InChI is InChI=1S/C15H18F3N5OS/c1-3-10-9-19-14(25-10)23-6-4-22(5-7-23)13(24)11-8-12(15(16,17)18)20-21(11)2/h8-9H,3-7H2,1-2H3. The SMILES string of the molecule is CCc1cnc(N2CCN(C(=O)c3cc(C(F)(F)F)nn3C)CC2)s1. The summed E-state index contributed by atoms with van der Waals surface area (Å²) >= 11 is 1.63. The van der Waals surface area contributed by atoms with Crippen LogP contribution in [0.3, 0.4) is 0 Å². The highest BCUT2D eigenvalue weighted by molar-refractivity contribution is 7.15. The molecule has 0 aromatic carbocycles. The average molecular weight is 373 g/mol. The molecule has 136 valence electrons. The second kappa shape index (κ2) is 6.66. The van der Waals surface area contributed by atoms with Gasteiger partial charge in [0, 0.05) is 50.4 Å². The van der Waals surface area contributed by atoms with Crippen molar-refractivity contribution in [3.63, 3.8) is 0 Å². The second-order valence-electron chi connectivity index (χ2n) is 5.78. The van der Waals surface area contributed by atoms with Crippen LogP contribution in [0.25, 0.3) is 0 Å². The molecule has 1 saturated heterocycles. The van der Waals surface area contributed by atoms with Gasteiger partial charge in [-0.25, -0.2) is 4.98 Å². The highest BCUT2D eigenvalue weighted by atomic mass is 32.1. The zero-order valence-electron chi connectivity index (χ0n) is 13.9. The summed E-state index contributed by atoms with van der Waals surface area (Å²) < 4.78 is 39.2. The van der Waals surface area contributed by atoms with Gasteiger partial charge in [-0.05, 0) is 6.42 Å². The summed E-state index contributed by atoms with van der Waals surface area (Å²) in [4.78, 5) is 21.8. The van der Waals surface area contributed by atoms with E-state index in [2.05, 4.69) is 21.9 Å². The molecule has 1 fully saturated rings. The Labute approximate surface area is 146 Å². The summed E-state index contributed by atoms with van der Waals surface area (Å²) in [5, 5.41) is 4.32. The Morgan fingerprint density at radius 1 is 1.28 bits per heavy atom. The number of carbonyl (C=O) groups is 1. The fourth-order valence-corrected chi connectivity index (χ4v) is 3.58. The first kappa shape index (κ1) is 17.7. The van der Waals surface area contributed by atoms with E-state index < -0.39 is 17.8 Å². The monoisotopic (exact) mass is 373 g/mol. The van der Waals surface area contributed by atoms with Gasteiger partial charge in [-0.3, -0.25) is 9.48 Å². The third-order valence-corrected chi connectivity index (χ3v) is 5.32. The zero-order valence-corrected chi connectivity index (χ0v) is 14.7. The highest BCUT2D eigenvalue weighted by Gasteiger charge is 2.36. The first-order valence-electron chi connectivity index (χ1n) is 7.89. The first-order chi connectivity index (χ1) is 11.8. The van der Waals surface area contributed by atoms with Gasteiger partial charge < -0.3 is 9.80 Å². The van der Waals surface area contributed by atoms with Crippen molar-refractivity contribution in [1.29, 1.82) is 0 Å². The number of amides is 1. The van der Waals surface area contributed by atoms with Gasteiger partial charge in [-0.1, -0.05) is 6.92 Å². The number of aryl methyl sites for hydroxylation is 2. The number of anilines is 1. The second-order valence-corrected chi connectivity index (χ2v) is 6.87. The molecule has 0 spiro atoms. The third-order valence-electron chi connectivity index (χ3n) is 4.12. The minimum absolute atomic E-state index is 0.0525. The number of alkyl halides is 3. The molecular weight excluding hydrogens is 355 g/mol. The Morgan fingerprint density at radius 3 is 2.48 bits per heavy atom. The maximum absolute atomic E-state index is 12.7. The van der Waals surface area contributed by atoms with Crippen molar-refractivity contribution in [2.24, 2.45) is 7.05 Å². The Balaban J connectivity index is 1.66. The number of thiazole rings is 1. The molecular formula is C15H18F3N5OS. The number of piperazine rings is 1. The van der Waals surface area contributed by atoms with Gasteiger partial charge in [-0.15, -0.1) is 11.3 Å². The van der Waals surface area contributed by atoms with Gasteiger partial charge in [0.05, 0.1) is 0 Å². The zero-order chi connectivity index (χ0) is 18.2. The molecule has 10 heteroatoms. The van der Waals surface area contributed by atoms with E-state index in [1.165, 1.54) is 11.9 Å². The maximum Gasteiger partial charge on any atom is 0.435 e. The van der Waals surface area contributed by atoms with Crippen molar-refractivity contribution in [3.05, 3.63) is 28.5 Å². The van der Waals surface area contributed by atoms with Crippen molar-refractivity contribution in [3.8, 4) is 0 Å². The van der Waals surface area contributed by atoms with E-state index in [0.29, 0.717) is 26.2 Å².